The summed E-state index contributed by atoms with van der Waals surface area (Å²) in [6, 6.07) is 14.4. The Morgan fingerprint density at radius 1 is 1.04 bits per heavy atom. The Morgan fingerprint density at radius 2 is 1.76 bits per heavy atom. The highest BCUT2D eigenvalue weighted by atomic mass is 19.4. The van der Waals surface area contributed by atoms with Crippen LogP contribution < -0.4 is 9.64 Å². The van der Waals surface area contributed by atoms with E-state index in [2.05, 4.69) is 32.0 Å². The number of aromatic nitrogens is 3. The smallest absolute Gasteiger partial charge is 0.433 e. The Bertz CT molecular complexity index is 1660. The molecule has 2 aliphatic heterocycles. The third-order valence-corrected chi connectivity index (χ3v) is 8.59. The fraction of sp³-hybridized carbons (Fsp3) is 0.406. The summed E-state index contributed by atoms with van der Waals surface area (Å²) in [4.78, 5) is 24.3. The normalized spacial score (nSPS) is 17.1. The molecule has 0 bridgehead atoms. The summed E-state index contributed by atoms with van der Waals surface area (Å²) in [5.41, 5.74) is 1.40. The van der Waals surface area contributed by atoms with E-state index >= 15 is 0 Å². The van der Waals surface area contributed by atoms with E-state index in [-0.39, 0.29) is 35.1 Å². The van der Waals surface area contributed by atoms with Gasteiger partial charge >= 0.3 is 6.18 Å². The van der Waals surface area contributed by atoms with E-state index in [1.165, 1.54) is 14.0 Å². The second-order valence-corrected chi connectivity index (χ2v) is 11.2. The highest BCUT2D eigenvalue weighted by molar-refractivity contribution is 6.00. The number of amides is 1. The van der Waals surface area contributed by atoms with E-state index in [0.29, 0.717) is 50.7 Å². The number of carbonyl (C=O) groups excluding carboxylic acids is 1. The summed E-state index contributed by atoms with van der Waals surface area (Å²) >= 11 is 0. The van der Waals surface area contributed by atoms with Crippen molar-refractivity contribution in [2.24, 2.45) is 0 Å². The van der Waals surface area contributed by atoms with Crippen molar-refractivity contribution in [2.45, 2.75) is 19.1 Å². The van der Waals surface area contributed by atoms with Gasteiger partial charge in [-0.2, -0.15) is 18.3 Å². The zero-order valence-electron chi connectivity index (χ0n) is 25.1. The van der Waals surface area contributed by atoms with Crippen molar-refractivity contribution in [3.05, 3.63) is 77.1 Å². The van der Waals surface area contributed by atoms with Crippen LogP contribution in [0.25, 0.3) is 16.9 Å². The van der Waals surface area contributed by atoms with Crippen LogP contribution in [-0.2, 0) is 10.9 Å². The zero-order chi connectivity index (χ0) is 31.7. The van der Waals surface area contributed by atoms with Crippen molar-refractivity contribution in [1.82, 2.24) is 24.4 Å². The number of piperazine rings is 1. The standard InChI is InChI=1S/C32H35F3N6O4/c1-21-28(22-6-8-25(44-2)9-7-22)37-30-26(19-36-41(30)29(21)32(33,34)35)31(43)40-12-10-39(11-13-40)27(20-42)23-4-3-5-24(18-23)38-14-16-45-17-15-38/h3-9,18-19,27,42H,10-17,20H2,1-2H3/t27-/m0/s1. The fourth-order valence-electron chi connectivity index (χ4n) is 6.18. The van der Waals surface area contributed by atoms with Gasteiger partial charge in [0.1, 0.15) is 11.3 Å². The number of halogens is 3. The second kappa shape index (κ2) is 12.7. The monoisotopic (exact) mass is 624 g/mol. The Kier molecular flexibility index (Phi) is 8.67. The summed E-state index contributed by atoms with van der Waals surface area (Å²) in [5, 5.41) is 14.3. The van der Waals surface area contributed by atoms with Gasteiger partial charge in [0.25, 0.3) is 5.91 Å². The predicted molar refractivity (Wildman–Crippen MR) is 161 cm³/mol. The Hall–Kier alpha value is -4.20. The number of hydrogen-bond acceptors (Lipinski definition) is 8. The van der Waals surface area contributed by atoms with Gasteiger partial charge in [-0.25, -0.2) is 9.50 Å². The first-order valence-corrected chi connectivity index (χ1v) is 14.9. The maximum atomic E-state index is 14.3. The van der Waals surface area contributed by atoms with Crippen molar-refractivity contribution in [1.29, 1.82) is 0 Å². The quantitative estimate of drug-likeness (QED) is 0.329. The van der Waals surface area contributed by atoms with Gasteiger partial charge in [-0.3, -0.25) is 9.69 Å². The molecule has 0 unspecified atom stereocenters. The molecule has 0 spiro atoms. The number of nitrogens with zero attached hydrogens (tertiary/aromatic N) is 6. The molecule has 1 atom stereocenters. The van der Waals surface area contributed by atoms with Gasteiger partial charge in [-0.05, 0) is 48.9 Å². The Labute approximate surface area is 258 Å². The van der Waals surface area contributed by atoms with Gasteiger partial charge in [-0.1, -0.05) is 12.1 Å². The number of anilines is 1. The highest BCUT2D eigenvalue weighted by Gasteiger charge is 2.39. The molecular formula is C32H35F3N6O4. The number of methoxy groups -OCH3 is 1. The minimum Gasteiger partial charge on any atom is -0.497 e. The number of rotatable bonds is 7. The topological polar surface area (TPSA) is 95.7 Å². The fourth-order valence-corrected chi connectivity index (χ4v) is 6.18. The molecule has 0 saturated carbocycles. The number of hydrogen-bond donors (Lipinski definition) is 1. The van der Waals surface area contributed by atoms with E-state index in [1.807, 2.05) is 12.1 Å². The Balaban J connectivity index is 1.24. The molecule has 4 aromatic rings. The summed E-state index contributed by atoms with van der Waals surface area (Å²) in [5.74, 6) is 0.116. The van der Waals surface area contributed by atoms with Crippen LogP contribution >= 0.6 is 0 Å². The first-order chi connectivity index (χ1) is 21.7. The van der Waals surface area contributed by atoms with Crippen molar-refractivity contribution in [3.8, 4) is 17.0 Å². The lowest BCUT2D eigenvalue weighted by molar-refractivity contribution is -0.143. The van der Waals surface area contributed by atoms with Crippen LogP contribution in [-0.4, -0.2) is 102 Å². The summed E-state index contributed by atoms with van der Waals surface area (Å²) in [7, 11) is 1.50. The molecule has 2 aliphatic rings. The van der Waals surface area contributed by atoms with E-state index in [9.17, 15) is 23.1 Å². The third-order valence-electron chi connectivity index (χ3n) is 8.59. The second-order valence-electron chi connectivity index (χ2n) is 11.2. The molecule has 10 nitrogen and oxygen atoms in total. The maximum Gasteiger partial charge on any atom is 0.433 e. The van der Waals surface area contributed by atoms with Crippen LogP contribution in [0.4, 0.5) is 18.9 Å². The molecule has 2 saturated heterocycles. The van der Waals surface area contributed by atoms with Crippen LogP contribution in [0.15, 0.2) is 54.7 Å². The van der Waals surface area contributed by atoms with Gasteiger partial charge in [0.05, 0.1) is 44.9 Å². The lowest BCUT2D eigenvalue weighted by atomic mass is 10.0. The van der Waals surface area contributed by atoms with Gasteiger partial charge in [0.15, 0.2) is 11.3 Å². The molecule has 0 aliphatic carbocycles. The molecule has 6 rings (SSSR count). The number of carbonyl (C=O) groups is 1. The lowest BCUT2D eigenvalue weighted by Crippen LogP contribution is -2.50. The zero-order valence-corrected chi connectivity index (χ0v) is 25.1. The number of fused-ring (bicyclic) bond motifs is 1. The maximum absolute atomic E-state index is 14.3. The molecule has 1 amide bonds. The largest absolute Gasteiger partial charge is 0.497 e. The van der Waals surface area contributed by atoms with Crippen LogP contribution in [0.2, 0.25) is 0 Å². The summed E-state index contributed by atoms with van der Waals surface area (Å²) in [6.45, 7) is 5.84. The van der Waals surface area contributed by atoms with Crippen LogP contribution in [0.5, 0.6) is 5.75 Å². The number of ether oxygens (including phenoxy) is 2. The third kappa shape index (κ3) is 6.07. The number of morpholine rings is 1. The molecule has 4 heterocycles. The van der Waals surface area contributed by atoms with Crippen molar-refractivity contribution in [2.75, 3.05) is 71.1 Å². The lowest BCUT2D eigenvalue weighted by Gasteiger charge is -2.39. The van der Waals surface area contributed by atoms with Gasteiger partial charge in [0, 0.05) is 56.1 Å². The van der Waals surface area contributed by atoms with Crippen molar-refractivity contribution in [3.63, 3.8) is 0 Å². The van der Waals surface area contributed by atoms with Crippen LogP contribution in [0.3, 0.4) is 0 Å². The SMILES string of the molecule is COc1ccc(-c2nc3c(C(=O)N4CCN([C@@H](CO)c5cccc(N6CCOCC6)c5)CC4)cnn3c(C(F)(F)F)c2C)cc1. The summed E-state index contributed by atoms with van der Waals surface area (Å²) in [6.07, 6.45) is -3.57. The van der Waals surface area contributed by atoms with E-state index in [0.717, 1.165) is 35.1 Å². The molecule has 0 radical (unpaired) electrons. The van der Waals surface area contributed by atoms with Crippen LogP contribution in [0.1, 0.15) is 33.2 Å². The number of aliphatic hydroxyl groups is 1. The minimum absolute atomic E-state index is 0.000585. The molecule has 1 N–H and O–H groups in total. The molecule has 13 heteroatoms. The average Bonchev–Trinajstić information content (AvgIpc) is 3.48. The first kappa shape index (κ1) is 30.8. The summed E-state index contributed by atoms with van der Waals surface area (Å²) < 4.78 is 54.4. The van der Waals surface area contributed by atoms with E-state index in [1.54, 1.807) is 29.2 Å². The molecule has 2 fully saturated rings. The molecule has 2 aromatic heterocycles. The van der Waals surface area contributed by atoms with Gasteiger partial charge in [-0.15, -0.1) is 0 Å². The molecular weight excluding hydrogens is 589 g/mol. The highest BCUT2D eigenvalue weighted by Crippen LogP contribution is 2.37. The Morgan fingerprint density at radius 3 is 2.40 bits per heavy atom. The first-order valence-electron chi connectivity index (χ1n) is 14.9. The number of benzene rings is 2. The minimum atomic E-state index is -4.73. The van der Waals surface area contributed by atoms with Gasteiger partial charge < -0.3 is 24.4 Å². The predicted octanol–water partition coefficient (Wildman–Crippen LogP) is 4.06. The van der Waals surface area contributed by atoms with E-state index < -0.39 is 17.8 Å². The van der Waals surface area contributed by atoms with E-state index in [4.69, 9.17) is 9.47 Å². The van der Waals surface area contributed by atoms with Gasteiger partial charge in [0.2, 0.25) is 0 Å². The van der Waals surface area contributed by atoms with Crippen molar-refractivity contribution >= 4 is 17.2 Å². The molecule has 238 valence electrons. The molecule has 45 heavy (non-hydrogen) atoms. The molecule has 2 aromatic carbocycles. The average molecular weight is 625 g/mol. The van der Waals surface area contributed by atoms with Crippen LogP contribution in [0, 0.1) is 6.92 Å². The van der Waals surface area contributed by atoms with Crippen molar-refractivity contribution < 1.29 is 32.5 Å². The number of alkyl halides is 3. The number of aliphatic hydroxyl groups excluding tert-OH is 1.